The van der Waals surface area contributed by atoms with E-state index < -0.39 is 0 Å². The third-order valence-corrected chi connectivity index (χ3v) is 4.25. The predicted molar refractivity (Wildman–Crippen MR) is 87.3 cm³/mol. The molecule has 1 aromatic heterocycles. The first-order valence-electron chi connectivity index (χ1n) is 6.67. The monoisotopic (exact) mass is 323 g/mol. The molecule has 1 aliphatic heterocycles. The van der Waals surface area contributed by atoms with Gasteiger partial charge in [-0.05, 0) is 12.1 Å². The smallest absolute Gasteiger partial charge is 0.153 e. The third-order valence-electron chi connectivity index (χ3n) is 3.57. The molecule has 0 radical (unpaired) electrons. The van der Waals surface area contributed by atoms with Crippen molar-refractivity contribution >= 4 is 40.5 Å². The lowest BCUT2D eigenvalue weighted by Gasteiger charge is -2.37. The fourth-order valence-electron chi connectivity index (χ4n) is 2.46. The quantitative estimate of drug-likeness (QED) is 0.920. The van der Waals surface area contributed by atoms with E-state index in [1.807, 2.05) is 24.3 Å². The van der Waals surface area contributed by atoms with Gasteiger partial charge in [0.1, 0.15) is 17.2 Å². The maximum absolute atomic E-state index is 6.24. The number of nitrogens with two attached hydrogens (primary N) is 1. The first kappa shape index (κ1) is 14.2. The van der Waals surface area contributed by atoms with E-state index in [1.165, 1.54) is 6.33 Å². The maximum atomic E-state index is 6.24. The average Bonchev–Trinajstić information content (AvgIpc) is 2.51. The zero-order valence-electron chi connectivity index (χ0n) is 11.3. The first-order valence-corrected chi connectivity index (χ1v) is 7.43. The normalized spacial score (nSPS) is 15.3. The van der Waals surface area contributed by atoms with Crippen LogP contribution in [0.5, 0.6) is 0 Å². The van der Waals surface area contributed by atoms with Crippen LogP contribution in [0.1, 0.15) is 0 Å². The van der Waals surface area contributed by atoms with Crippen LogP contribution in [-0.4, -0.2) is 36.1 Å². The van der Waals surface area contributed by atoms with Gasteiger partial charge < -0.3 is 15.5 Å². The summed E-state index contributed by atoms with van der Waals surface area (Å²) in [4.78, 5) is 12.5. The second-order valence-electron chi connectivity index (χ2n) is 4.82. The van der Waals surface area contributed by atoms with Crippen molar-refractivity contribution in [2.24, 2.45) is 0 Å². The van der Waals surface area contributed by atoms with Crippen LogP contribution in [0.25, 0.3) is 0 Å². The molecule has 2 aromatic rings. The predicted octanol–water partition coefficient (Wildman–Crippen LogP) is 2.69. The minimum atomic E-state index is 0.315. The molecule has 0 bridgehead atoms. The minimum absolute atomic E-state index is 0.315. The summed E-state index contributed by atoms with van der Waals surface area (Å²) in [6, 6.07) is 7.87. The zero-order valence-corrected chi connectivity index (χ0v) is 12.8. The summed E-state index contributed by atoms with van der Waals surface area (Å²) < 4.78 is 0. The van der Waals surface area contributed by atoms with Crippen molar-refractivity contribution in [1.82, 2.24) is 9.97 Å². The third kappa shape index (κ3) is 2.84. The molecule has 0 unspecified atom stereocenters. The highest BCUT2D eigenvalue weighted by Crippen LogP contribution is 2.30. The van der Waals surface area contributed by atoms with Crippen molar-refractivity contribution in [3.63, 3.8) is 0 Å². The summed E-state index contributed by atoms with van der Waals surface area (Å²) in [5, 5.41) is 1.19. The lowest BCUT2D eigenvalue weighted by atomic mass is 10.2. The van der Waals surface area contributed by atoms with Gasteiger partial charge in [0.2, 0.25) is 0 Å². The Morgan fingerprint density at radius 1 is 0.952 bits per heavy atom. The zero-order chi connectivity index (χ0) is 14.8. The van der Waals surface area contributed by atoms with Gasteiger partial charge in [-0.25, -0.2) is 9.97 Å². The number of benzene rings is 1. The van der Waals surface area contributed by atoms with Crippen LogP contribution < -0.4 is 15.5 Å². The molecule has 7 heteroatoms. The standard InChI is InChI=1S/C14H15Cl2N5/c15-10-3-1-2-4-11(10)20-5-7-21(8-6-20)14-12(16)13(17)18-9-19-14/h1-4,9H,5-8H2,(H2,17,18,19). The topological polar surface area (TPSA) is 58.3 Å². The highest BCUT2D eigenvalue weighted by Gasteiger charge is 2.22. The van der Waals surface area contributed by atoms with Crippen molar-refractivity contribution in [2.45, 2.75) is 0 Å². The molecule has 0 spiro atoms. The second kappa shape index (κ2) is 5.95. The van der Waals surface area contributed by atoms with Gasteiger partial charge in [-0.2, -0.15) is 0 Å². The number of aromatic nitrogens is 2. The summed E-state index contributed by atoms with van der Waals surface area (Å²) in [5.74, 6) is 1.01. The van der Waals surface area contributed by atoms with Gasteiger partial charge in [0.05, 0.1) is 10.7 Å². The Morgan fingerprint density at radius 2 is 1.62 bits per heavy atom. The van der Waals surface area contributed by atoms with Gasteiger partial charge in [-0.1, -0.05) is 35.3 Å². The summed E-state index contributed by atoms with van der Waals surface area (Å²) in [6.45, 7) is 3.32. The Hall–Kier alpha value is -1.72. The molecule has 2 heterocycles. The molecule has 2 N–H and O–H groups in total. The van der Waals surface area contributed by atoms with Crippen molar-refractivity contribution in [1.29, 1.82) is 0 Å². The lowest BCUT2D eigenvalue weighted by molar-refractivity contribution is 0.647. The Labute approximate surface area is 133 Å². The molecule has 0 saturated carbocycles. The van der Waals surface area contributed by atoms with Crippen LogP contribution in [-0.2, 0) is 0 Å². The number of anilines is 3. The Kier molecular flexibility index (Phi) is 4.03. The Balaban J connectivity index is 1.74. The highest BCUT2D eigenvalue weighted by molar-refractivity contribution is 6.35. The molecule has 5 nitrogen and oxygen atoms in total. The number of rotatable bonds is 2. The Bertz CT molecular complexity index is 641. The van der Waals surface area contributed by atoms with Crippen LogP contribution in [0.3, 0.4) is 0 Å². The SMILES string of the molecule is Nc1ncnc(N2CCN(c3ccccc3Cl)CC2)c1Cl. The lowest BCUT2D eigenvalue weighted by Crippen LogP contribution is -2.47. The molecule has 110 valence electrons. The first-order chi connectivity index (χ1) is 10.2. The van der Waals surface area contributed by atoms with Gasteiger partial charge in [0.25, 0.3) is 0 Å². The summed E-state index contributed by atoms with van der Waals surface area (Å²) in [7, 11) is 0. The van der Waals surface area contributed by atoms with Gasteiger partial charge in [-0.3, -0.25) is 0 Å². The van der Waals surface area contributed by atoms with E-state index in [1.54, 1.807) is 0 Å². The molecular weight excluding hydrogens is 309 g/mol. The molecule has 0 amide bonds. The van der Waals surface area contributed by atoms with Crippen LogP contribution in [0.2, 0.25) is 10.0 Å². The summed E-state index contributed by atoms with van der Waals surface area (Å²) in [5.41, 5.74) is 6.79. The Morgan fingerprint density at radius 3 is 2.33 bits per heavy atom. The van der Waals surface area contributed by atoms with Gasteiger partial charge in [0.15, 0.2) is 5.82 Å². The van der Waals surface area contributed by atoms with Gasteiger partial charge in [0, 0.05) is 26.2 Å². The number of hydrogen-bond donors (Lipinski definition) is 1. The fraction of sp³-hybridized carbons (Fsp3) is 0.286. The van der Waals surface area contributed by atoms with Gasteiger partial charge >= 0.3 is 0 Å². The largest absolute Gasteiger partial charge is 0.382 e. The van der Waals surface area contributed by atoms with E-state index in [2.05, 4.69) is 19.8 Å². The molecule has 1 aliphatic rings. The number of piperazine rings is 1. The molecule has 0 aliphatic carbocycles. The summed E-state index contributed by atoms with van der Waals surface area (Å²) >= 11 is 12.4. The van der Waals surface area contributed by atoms with Crippen LogP contribution in [0.15, 0.2) is 30.6 Å². The van der Waals surface area contributed by atoms with E-state index >= 15 is 0 Å². The van der Waals surface area contributed by atoms with Gasteiger partial charge in [-0.15, -0.1) is 0 Å². The number of nitrogen functional groups attached to an aromatic ring is 1. The molecular formula is C14H15Cl2N5. The van der Waals surface area contributed by atoms with E-state index in [9.17, 15) is 0 Å². The van der Waals surface area contributed by atoms with Crippen molar-refractivity contribution in [3.05, 3.63) is 40.6 Å². The fourth-order valence-corrected chi connectivity index (χ4v) is 2.93. The number of nitrogens with zero attached hydrogens (tertiary/aromatic N) is 4. The molecule has 1 fully saturated rings. The average molecular weight is 324 g/mol. The van der Waals surface area contributed by atoms with Crippen LogP contribution in [0.4, 0.5) is 17.3 Å². The molecule has 3 rings (SSSR count). The van der Waals surface area contributed by atoms with E-state index in [0.29, 0.717) is 16.7 Å². The molecule has 0 atom stereocenters. The van der Waals surface area contributed by atoms with Crippen LogP contribution in [0, 0.1) is 0 Å². The maximum Gasteiger partial charge on any atom is 0.153 e. The number of para-hydroxylation sites is 1. The van der Waals surface area contributed by atoms with Crippen molar-refractivity contribution in [2.75, 3.05) is 41.7 Å². The number of halogens is 2. The molecule has 21 heavy (non-hydrogen) atoms. The van der Waals surface area contributed by atoms with Crippen molar-refractivity contribution < 1.29 is 0 Å². The second-order valence-corrected chi connectivity index (χ2v) is 5.61. The number of hydrogen-bond acceptors (Lipinski definition) is 5. The van der Waals surface area contributed by atoms with E-state index in [0.717, 1.165) is 36.9 Å². The van der Waals surface area contributed by atoms with E-state index in [-0.39, 0.29) is 0 Å². The summed E-state index contributed by atoms with van der Waals surface area (Å²) in [6.07, 6.45) is 1.44. The highest BCUT2D eigenvalue weighted by atomic mass is 35.5. The van der Waals surface area contributed by atoms with Crippen molar-refractivity contribution in [3.8, 4) is 0 Å². The molecule has 1 saturated heterocycles. The molecule has 1 aromatic carbocycles. The van der Waals surface area contributed by atoms with Crippen LogP contribution >= 0.6 is 23.2 Å². The minimum Gasteiger partial charge on any atom is -0.382 e. The van der Waals surface area contributed by atoms with E-state index in [4.69, 9.17) is 28.9 Å².